The summed E-state index contributed by atoms with van der Waals surface area (Å²) in [5.74, 6) is -3.62. The van der Waals surface area contributed by atoms with Crippen molar-refractivity contribution in [3.63, 3.8) is 0 Å². The Morgan fingerprint density at radius 1 is 0.803 bits per heavy atom. The predicted molar refractivity (Wildman–Crippen MR) is 251 cm³/mol. The highest BCUT2D eigenvalue weighted by Gasteiger charge is 2.56. The maximum atomic E-state index is 15.9. The Morgan fingerprint density at radius 2 is 1.49 bits per heavy atom. The zero-order valence-corrected chi connectivity index (χ0v) is 38.2. The molecule has 4 aliphatic heterocycles. The largest absolute Gasteiger partial charge is 0.457 e. The predicted octanol–water partition coefficient (Wildman–Crippen LogP) is 6.00. The Bertz CT molecular complexity index is 2950. The van der Waals surface area contributed by atoms with Crippen LogP contribution in [0.3, 0.4) is 0 Å². The number of carbonyl (C=O) groups is 6. The summed E-state index contributed by atoms with van der Waals surface area (Å²) in [5.41, 5.74) is 0.504. The average Bonchev–Trinajstić information content (AvgIpc) is 4.13. The second kappa shape index (κ2) is 19.0. The Hall–Kier alpha value is -7.52. The van der Waals surface area contributed by atoms with E-state index in [0.29, 0.717) is 84.8 Å². The first-order chi connectivity index (χ1) is 34.2. The van der Waals surface area contributed by atoms with Crippen molar-refractivity contribution in [2.45, 2.75) is 50.6 Å². The van der Waals surface area contributed by atoms with Crippen LogP contribution < -0.4 is 30.9 Å². The number of benzene rings is 3. The Labute approximate surface area is 403 Å². The van der Waals surface area contributed by atoms with Gasteiger partial charge in [-0.1, -0.05) is 0 Å². The quantitative estimate of drug-likeness (QED) is 0.0438. The first-order valence-corrected chi connectivity index (χ1v) is 23.4. The van der Waals surface area contributed by atoms with Gasteiger partial charge < -0.3 is 25.6 Å². The van der Waals surface area contributed by atoms with E-state index in [-0.39, 0.29) is 61.9 Å². The molecule has 6 heterocycles. The van der Waals surface area contributed by atoms with Gasteiger partial charge in [-0.05, 0) is 111 Å². The van der Waals surface area contributed by atoms with Crippen LogP contribution in [0.1, 0.15) is 59.2 Å². The molecule has 2 aromatic heterocycles. The number of hydrogen-bond donors (Lipinski definition) is 4. The molecule has 0 radical (unpaired) electrons. The molecule has 21 heteroatoms. The van der Waals surface area contributed by atoms with E-state index in [4.69, 9.17) is 4.74 Å². The minimum atomic E-state index is -3.12. The van der Waals surface area contributed by atoms with E-state index in [1.165, 1.54) is 47.5 Å². The molecule has 0 bridgehead atoms. The third-order valence-electron chi connectivity index (χ3n) is 13.9. The number of rotatable bonds is 14. The second-order valence-corrected chi connectivity index (χ2v) is 18.5. The van der Waals surface area contributed by atoms with E-state index in [2.05, 4.69) is 31.2 Å². The molecular weight excluding hydrogens is 929 g/mol. The summed E-state index contributed by atoms with van der Waals surface area (Å²) < 4.78 is 66.7. The van der Waals surface area contributed by atoms with Crippen LogP contribution >= 0.6 is 0 Å². The molecule has 5 aliphatic rings. The number of pyridine rings is 2. The minimum Gasteiger partial charge on any atom is -0.457 e. The van der Waals surface area contributed by atoms with Crippen LogP contribution in [0, 0.1) is 23.0 Å². The average molecular weight is 977 g/mol. The van der Waals surface area contributed by atoms with Gasteiger partial charge in [0.1, 0.15) is 40.4 Å². The standard InChI is InChI=1S/C50H48F4N10O7/c51-30-1-3-31(4-2-30)58-47(69)49(15-16-49)48(70)59-32-5-7-33(8-6-32)71-40-12-18-55-37-26-39(36(52)25-35(37)40)62-20-13-29(14-21-62)27-63-24-23-61(28-50(63,53)54)22-19-57-43-42-34(11-17-56-43)45(67)64(46(42)68)38-9-10-41(65)60-44(38)66/h1-8,11-12,17-18,25-26,29,38H,9-10,13-16,19-24,27-28H2,(H,56,57)(H,58,69)(H,59,70)(H,60,65,66). The fourth-order valence-corrected chi connectivity index (χ4v) is 9.75. The van der Waals surface area contributed by atoms with E-state index >= 15 is 13.2 Å². The van der Waals surface area contributed by atoms with Crippen molar-refractivity contribution in [3.05, 3.63) is 108 Å². The summed E-state index contributed by atoms with van der Waals surface area (Å²) in [6, 6.07) is 13.6. The number of amides is 6. The molecule has 1 atom stereocenters. The van der Waals surface area contributed by atoms with Crippen molar-refractivity contribution in [2.75, 3.05) is 73.2 Å². The molecule has 10 rings (SSSR count). The van der Waals surface area contributed by atoms with Gasteiger partial charge in [0.05, 0.1) is 28.9 Å². The van der Waals surface area contributed by atoms with E-state index in [0.717, 1.165) is 4.90 Å². The summed E-state index contributed by atoms with van der Waals surface area (Å²) >= 11 is 0. The number of anilines is 4. The van der Waals surface area contributed by atoms with Crippen LogP contribution in [-0.2, 0) is 19.2 Å². The molecule has 5 aromatic rings. The number of hydrogen-bond acceptors (Lipinski definition) is 13. The number of piperazine rings is 1. The molecule has 1 saturated carbocycles. The van der Waals surface area contributed by atoms with Gasteiger partial charge in [-0.25, -0.2) is 18.7 Å². The Balaban J connectivity index is 0.692. The number of nitrogens with zero attached hydrogens (tertiary/aromatic N) is 6. The smallest absolute Gasteiger partial charge is 0.317 e. The third-order valence-corrected chi connectivity index (χ3v) is 13.9. The Kier molecular flexibility index (Phi) is 12.6. The molecule has 71 heavy (non-hydrogen) atoms. The van der Waals surface area contributed by atoms with Crippen LogP contribution in [-0.4, -0.2) is 125 Å². The number of imide groups is 2. The summed E-state index contributed by atoms with van der Waals surface area (Å²) in [7, 11) is 0. The number of nitrogens with one attached hydrogen (secondary N) is 4. The first-order valence-electron chi connectivity index (χ1n) is 23.4. The summed E-state index contributed by atoms with van der Waals surface area (Å²) in [5, 5.41) is 11.1. The first kappa shape index (κ1) is 47.2. The van der Waals surface area contributed by atoms with Crippen LogP contribution in [0.5, 0.6) is 11.5 Å². The van der Waals surface area contributed by atoms with Crippen molar-refractivity contribution in [3.8, 4) is 11.5 Å². The normalized spacial score (nSPS) is 20.1. The number of piperidine rings is 2. The SMILES string of the molecule is O=C1CCC(N2C(=O)c3ccnc(NCCN4CCN(CC5CCN(c6cc7nccc(Oc8ccc(NC(=O)C9(C(=O)Nc%10ccc(F)cc%10)CC9)cc8)c7cc6F)CC5)C(F)(F)C4)c3C2=O)C(=O)N1. The number of aromatic nitrogens is 2. The van der Waals surface area contributed by atoms with E-state index < -0.39 is 71.1 Å². The highest BCUT2D eigenvalue weighted by Crippen LogP contribution is 2.48. The van der Waals surface area contributed by atoms with Crippen LogP contribution in [0.2, 0.25) is 0 Å². The van der Waals surface area contributed by atoms with Gasteiger partial charge >= 0.3 is 6.05 Å². The molecule has 1 unspecified atom stereocenters. The highest BCUT2D eigenvalue weighted by atomic mass is 19.3. The van der Waals surface area contributed by atoms with Gasteiger partial charge in [-0.15, -0.1) is 0 Å². The fourth-order valence-electron chi connectivity index (χ4n) is 9.75. The molecule has 3 saturated heterocycles. The lowest BCUT2D eigenvalue weighted by Crippen LogP contribution is -2.59. The number of carbonyl (C=O) groups excluding carboxylic acids is 6. The van der Waals surface area contributed by atoms with Gasteiger partial charge in [0.25, 0.3) is 11.8 Å². The molecule has 6 amide bonds. The Morgan fingerprint density at radius 3 is 2.17 bits per heavy atom. The fraction of sp³-hybridized carbons (Fsp3) is 0.360. The zero-order valence-electron chi connectivity index (χ0n) is 38.2. The lowest BCUT2D eigenvalue weighted by molar-refractivity contribution is -0.188. The molecule has 0 spiro atoms. The maximum Gasteiger partial charge on any atom is 0.317 e. The zero-order chi connectivity index (χ0) is 49.6. The van der Waals surface area contributed by atoms with Gasteiger partial charge in [-0.2, -0.15) is 8.78 Å². The number of fused-ring (bicyclic) bond motifs is 2. The molecule has 4 N–H and O–H groups in total. The van der Waals surface area contributed by atoms with Crippen LogP contribution in [0.15, 0.2) is 85.2 Å². The monoisotopic (exact) mass is 976 g/mol. The summed E-state index contributed by atoms with van der Waals surface area (Å²) in [4.78, 5) is 91.1. The number of halogens is 4. The maximum absolute atomic E-state index is 15.9. The third kappa shape index (κ3) is 9.58. The van der Waals surface area contributed by atoms with Crippen molar-refractivity contribution in [1.82, 2.24) is 30.0 Å². The summed E-state index contributed by atoms with van der Waals surface area (Å²) in [6.45, 7) is 1.43. The van der Waals surface area contributed by atoms with Crippen molar-refractivity contribution >= 4 is 69.2 Å². The van der Waals surface area contributed by atoms with Crippen molar-refractivity contribution in [2.24, 2.45) is 11.3 Å². The molecule has 1 aliphatic carbocycles. The van der Waals surface area contributed by atoms with Crippen molar-refractivity contribution in [1.29, 1.82) is 0 Å². The summed E-state index contributed by atoms with van der Waals surface area (Å²) in [6.07, 6.45) is 4.80. The lowest BCUT2D eigenvalue weighted by atomic mass is 9.95. The van der Waals surface area contributed by atoms with E-state index in [1.54, 1.807) is 47.5 Å². The van der Waals surface area contributed by atoms with Gasteiger partial charge in [0, 0.05) is 81.4 Å². The van der Waals surface area contributed by atoms with Gasteiger partial charge in [-0.3, -0.25) is 48.9 Å². The second-order valence-electron chi connectivity index (χ2n) is 18.5. The molecule has 368 valence electrons. The van der Waals surface area contributed by atoms with E-state index in [9.17, 15) is 33.2 Å². The molecule has 3 aromatic carbocycles. The highest BCUT2D eigenvalue weighted by molar-refractivity contribution is 6.25. The number of alkyl halides is 2. The van der Waals surface area contributed by atoms with Crippen molar-refractivity contribution < 1.29 is 51.1 Å². The van der Waals surface area contributed by atoms with Gasteiger partial charge in [0.2, 0.25) is 23.6 Å². The van der Waals surface area contributed by atoms with E-state index in [1.807, 2.05) is 4.90 Å². The minimum absolute atomic E-state index is 0.00642. The van der Waals surface area contributed by atoms with Gasteiger partial charge in [0.15, 0.2) is 0 Å². The molecule has 17 nitrogen and oxygen atoms in total. The number of ether oxygens (including phenoxy) is 1. The molecule has 4 fully saturated rings. The molecular formula is C50H48F4N10O7. The topological polar surface area (TPSA) is 199 Å². The van der Waals surface area contributed by atoms with Crippen LogP contribution in [0.4, 0.5) is 40.4 Å². The lowest BCUT2D eigenvalue weighted by Gasteiger charge is -2.43. The van der Waals surface area contributed by atoms with Crippen LogP contribution in [0.25, 0.3) is 10.9 Å².